The monoisotopic (exact) mass is 343 g/mol. The molecule has 2 aromatic rings. The highest BCUT2D eigenvalue weighted by Crippen LogP contribution is 2.38. The summed E-state index contributed by atoms with van der Waals surface area (Å²) in [5.74, 6) is 1.62. The fourth-order valence-corrected chi connectivity index (χ4v) is 3.73. The first-order valence-electron chi connectivity index (χ1n) is 8.01. The molecule has 126 valence electrons. The van der Waals surface area contributed by atoms with Gasteiger partial charge in [0.2, 0.25) is 0 Å². The van der Waals surface area contributed by atoms with Gasteiger partial charge in [0.25, 0.3) is 0 Å². The Hall–Kier alpha value is -2.21. The van der Waals surface area contributed by atoms with Gasteiger partial charge in [0, 0.05) is 11.4 Å². The van der Waals surface area contributed by atoms with E-state index in [-0.39, 0.29) is 12.1 Å². The summed E-state index contributed by atoms with van der Waals surface area (Å²) in [6.45, 7) is 6.16. The maximum absolute atomic E-state index is 12.4. The molecular formula is C18H21N3O2S. The molecule has 1 amide bonds. The van der Waals surface area contributed by atoms with E-state index in [9.17, 15) is 4.79 Å². The molecule has 2 heterocycles. The summed E-state index contributed by atoms with van der Waals surface area (Å²) in [5.41, 5.74) is 2.26. The SMILES string of the molecule is CCOC(=O)N1c2c(SCc3ccccc3)cnn2C(C)=CC1C. The number of hydrogen-bond donors (Lipinski definition) is 0. The van der Waals surface area contributed by atoms with Crippen molar-refractivity contribution in [2.24, 2.45) is 0 Å². The molecule has 1 aromatic heterocycles. The summed E-state index contributed by atoms with van der Waals surface area (Å²) >= 11 is 1.68. The topological polar surface area (TPSA) is 47.4 Å². The molecule has 0 bridgehead atoms. The predicted molar refractivity (Wildman–Crippen MR) is 97.1 cm³/mol. The Morgan fingerprint density at radius 2 is 2.08 bits per heavy atom. The molecule has 0 spiro atoms. The molecule has 24 heavy (non-hydrogen) atoms. The van der Waals surface area contributed by atoms with E-state index in [1.165, 1.54) is 5.56 Å². The van der Waals surface area contributed by atoms with Crippen molar-refractivity contribution in [2.75, 3.05) is 11.5 Å². The number of aromatic nitrogens is 2. The lowest BCUT2D eigenvalue weighted by Gasteiger charge is -2.31. The third-order valence-electron chi connectivity index (χ3n) is 3.87. The number of carbonyl (C=O) groups excluding carboxylic acids is 1. The average molecular weight is 343 g/mol. The molecule has 3 rings (SSSR count). The summed E-state index contributed by atoms with van der Waals surface area (Å²) in [6, 6.07) is 10.2. The lowest BCUT2D eigenvalue weighted by Crippen LogP contribution is -2.42. The minimum absolute atomic E-state index is 0.0654. The van der Waals surface area contributed by atoms with Gasteiger partial charge in [0.05, 0.1) is 23.7 Å². The molecule has 0 fully saturated rings. The summed E-state index contributed by atoms with van der Waals surface area (Å²) in [5, 5.41) is 4.46. The van der Waals surface area contributed by atoms with Crippen LogP contribution in [0.4, 0.5) is 10.6 Å². The molecule has 0 saturated carbocycles. The van der Waals surface area contributed by atoms with Crippen molar-refractivity contribution in [3.63, 3.8) is 0 Å². The second-order valence-corrected chi connectivity index (χ2v) is 6.65. The standard InChI is InChI=1S/C18H21N3O2S/c1-4-23-18(22)20-13(2)10-14(3)21-17(20)16(11-19-21)24-12-15-8-6-5-7-9-15/h5-11,13H,4,12H2,1-3H3. The van der Waals surface area contributed by atoms with Crippen molar-refractivity contribution in [1.29, 1.82) is 0 Å². The fourth-order valence-electron chi connectivity index (χ4n) is 2.78. The summed E-state index contributed by atoms with van der Waals surface area (Å²) < 4.78 is 7.05. The van der Waals surface area contributed by atoms with E-state index in [1.54, 1.807) is 16.7 Å². The van der Waals surface area contributed by atoms with E-state index in [1.807, 2.05) is 55.9 Å². The van der Waals surface area contributed by atoms with Gasteiger partial charge in [-0.05, 0) is 32.4 Å². The number of allylic oxidation sites excluding steroid dienone is 1. The lowest BCUT2D eigenvalue weighted by molar-refractivity contribution is 0.158. The molecule has 1 aliphatic heterocycles. The Bertz CT molecular complexity index is 755. The van der Waals surface area contributed by atoms with E-state index in [0.29, 0.717) is 6.61 Å². The molecule has 1 unspecified atom stereocenters. The number of fused-ring (bicyclic) bond motifs is 1. The second-order valence-electron chi connectivity index (χ2n) is 5.64. The van der Waals surface area contributed by atoms with Crippen LogP contribution in [0.2, 0.25) is 0 Å². The van der Waals surface area contributed by atoms with Crippen LogP contribution in [0.1, 0.15) is 26.3 Å². The molecule has 0 radical (unpaired) electrons. The van der Waals surface area contributed by atoms with Gasteiger partial charge in [-0.1, -0.05) is 30.3 Å². The average Bonchev–Trinajstić information content (AvgIpc) is 2.98. The van der Waals surface area contributed by atoms with E-state index in [0.717, 1.165) is 22.2 Å². The molecular weight excluding hydrogens is 322 g/mol. The van der Waals surface area contributed by atoms with Crippen molar-refractivity contribution < 1.29 is 9.53 Å². The van der Waals surface area contributed by atoms with Crippen LogP contribution in [0.15, 0.2) is 47.5 Å². The van der Waals surface area contributed by atoms with E-state index < -0.39 is 0 Å². The first-order valence-corrected chi connectivity index (χ1v) is 9.00. The number of carbonyl (C=O) groups is 1. The minimum atomic E-state index is -0.336. The molecule has 0 aliphatic carbocycles. The number of amides is 1. The first-order chi connectivity index (χ1) is 11.6. The maximum Gasteiger partial charge on any atom is 0.416 e. The van der Waals surface area contributed by atoms with Gasteiger partial charge < -0.3 is 4.74 Å². The Labute approximate surface area is 146 Å². The zero-order valence-corrected chi connectivity index (χ0v) is 14.9. The summed E-state index contributed by atoms with van der Waals surface area (Å²) in [6.07, 6.45) is 3.50. The van der Waals surface area contributed by atoms with Crippen LogP contribution in [0.5, 0.6) is 0 Å². The first kappa shape index (κ1) is 16.6. The summed E-state index contributed by atoms with van der Waals surface area (Å²) in [4.78, 5) is 15.1. The molecule has 1 aromatic carbocycles. The molecule has 0 saturated heterocycles. The Balaban J connectivity index is 1.90. The van der Waals surface area contributed by atoms with Crippen molar-refractivity contribution in [3.05, 3.63) is 48.2 Å². The Morgan fingerprint density at radius 3 is 2.79 bits per heavy atom. The maximum atomic E-state index is 12.4. The van der Waals surface area contributed by atoms with Crippen LogP contribution in [0.25, 0.3) is 5.70 Å². The van der Waals surface area contributed by atoms with Gasteiger partial charge in [0.1, 0.15) is 0 Å². The number of thioether (sulfide) groups is 1. The highest BCUT2D eigenvalue weighted by Gasteiger charge is 2.32. The van der Waals surface area contributed by atoms with Crippen LogP contribution >= 0.6 is 11.8 Å². The third-order valence-corrected chi connectivity index (χ3v) is 4.94. The third kappa shape index (κ3) is 3.19. The number of rotatable bonds is 4. The summed E-state index contributed by atoms with van der Waals surface area (Å²) in [7, 11) is 0. The zero-order valence-electron chi connectivity index (χ0n) is 14.1. The quantitative estimate of drug-likeness (QED) is 0.772. The molecule has 1 atom stereocenters. The normalized spacial score (nSPS) is 16.5. The number of anilines is 1. The van der Waals surface area contributed by atoms with Gasteiger partial charge in [-0.3, -0.25) is 4.90 Å². The second kappa shape index (κ2) is 7.13. The number of nitrogens with zero attached hydrogens (tertiary/aromatic N) is 3. The van der Waals surface area contributed by atoms with Crippen LogP contribution in [-0.4, -0.2) is 28.5 Å². The molecule has 5 nitrogen and oxygen atoms in total. The smallest absolute Gasteiger partial charge is 0.416 e. The van der Waals surface area contributed by atoms with Crippen molar-refractivity contribution in [1.82, 2.24) is 9.78 Å². The van der Waals surface area contributed by atoms with Gasteiger partial charge in [-0.15, -0.1) is 11.8 Å². The fraction of sp³-hybridized carbons (Fsp3) is 0.333. The van der Waals surface area contributed by atoms with Gasteiger partial charge in [-0.2, -0.15) is 5.10 Å². The van der Waals surface area contributed by atoms with Crippen molar-refractivity contribution in [2.45, 2.75) is 37.5 Å². The number of benzene rings is 1. The van der Waals surface area contributed by atoms with E-state index in [4.69, 9.17) is 4.74 Å². The highest BCUT2D eigenvalue weighted by atomic mass is 32.2. The number of ether oxygens (including phenoxy) is 1. The lowest BCUT2D eigenvalue weighted by atomic mass is 10.2. The van der Waals surface area contributed by atoms with E-state index in [2.05, 4.69) is 17.2 Å². The van der Waals surface area contributed by atoms with Gasteiger partial charge >= 0.3 is 6.09 Å². The molecule has 1 aliphatic rings. The zero-order chi connectivity index (χ0) is 17.1. The Morgan fingerprint density at radius 1 is 1.33 bits per heavy atom. The Kier molecular flexibility index (Phi) is 4.94. The molecule has 6 heteroatoms. The number of hydrogen-bond acceptors (Lipinski definition) is 4. The predicted octanol–water partition coefficient (Wildman–Crippen LogP) is 4.40. The molecule has 0 N–H and O–H groups in total. The van der Waals surface area contributed by atoms with Crippen LogP contribution in [0.3, 0.4) is 0 Å². The van der Waals surface area contributed by atoms with Gasteiger partial charge in [0.15, 0.2) is 5.82 Å². The van der Waals surface area contributed by atoms with Crippen molar-refractivity contribution in [3.8, 4) is 0 Å². The van der Waals surface area contributed by atoms with E-state index >= 15 is 0 Å². The highest BCUT2D eigenvalue weighted by molar-refractivity contribution is 7.98. The minimum Gasteiger partial charge on any atom is -0.449 e. The largest absolute Gasteiger partial charge is 0.449 e. The van der Waals surface area contributed by atoms with Crippen LogP contribution in [0, 0.1) is 0 Å². The van der Waals surface area contributed by atoms with Crippen LogP contribution in [-0.2, 0) is 10.5 Å². The van der Waals surface area contributed by atoms with Gasteiger partial charge in [-0.25, -0.2) is 9.48 Å². The van der Waals surface area contributed by atoms with Crippen LogP contribution < -0.4 is 4.90 Å². The van der Waals surface area contributed by atoms with Crippen molar-refractivity contribution >= 4 is 29.4 Å².